The third-order valence-corrected chi connectivity index (χ3v) is 6.10. The van der Waals surface area contributed by atoms with Crippen molar-refractivity contribution in [2.45, 2.75) is 31.6 Å². The average Bonchev–Trinajstić information content (AvgIpc) is 3.24. The number of hydrogen-bond acceptors (Lipinski definition) is 5. The maximum atomic E-state index is 15.0. The molecule has 0 atom stereocenters. The lowest BCUT2D eigenvalue weighted by atomic mass is 9.82. The molecule has 1 aliphatic carbocycles. The number of pyridine rings is 1. The van der Waals surface area contributed by atoms with Gasteiger partial charge >= 0.3 is 0 Å². The number of nitrogens with zero attached hydrogens (tertiary/aromatic N) is 6. The van der Waals surface area contributed by atoms with Gasteiger partial charge in [0.25, 0.3) is 11.7 Å². The van der Waals surface area contributed by atoms with Gasteiger partial charge in [0.2, 0.25) is 0 Å². The standard InChI is InChI=1S/C23H17F3N6/c24-17-4-1-5-18-20(17)21(29-22-30-28-13-32(18)22)31-8-2-3-16-15(11-27-12-19(16)31)7-6-14-9-23(25,26)10-14/h1,4-5,11-14H,2-3,8-10H2. The van der Waals surface area contributed by atoms with E-state index in [-0.39, 0.29) is 24.6 Å². The van der Waals surface area contributed by atoms with Crippen molar-refractivity contribution in [2.24, 2.45) is 5.92 Å². The van der Waals surface area contributed by atoms with Gasteiger partial charge in [0.1, 0.15) is 18.0 Å². The van der Waals surface area contributed by atoms with Crippen LogP contribution in [0.2, 0.25) is 0 Å². The number of alkyl halides is 2. The Labute approximate surface area is 181 Å². The van der Waals surface area contributed by atoms with Crippen molar-refractivity contribution in [3.8, 4) is 11.8 Å². The molecule has 0 radical (unpaired) electrons. The Morgan fingerprint density at radius 1 is 1.16 bits per heavy atom. The van der Waals surface area contributed by atoms with E-state index >= 15 is 0 Å². The minimum absolute atomic E-state index is 0.192. The summed E-state index contributed by atoms with van der Waals surface area (Å²) in [5.41, 5.74) is 3.10. The van der Waals surface area contributed by atoms with Crippen molar-refractivity contribution >= 4 is 28.2 Å². The van der Waals surface area contributed by atoms with Gasteiger partial charge in [-0.25, -0.2) is 13.2 Å². The van der Waals surface area contributed by atoms with Crippen LogP contribution in [-0.4, -0.2) is 37.0 Å². The molecular weight excluding hydrogens is 417 g/mol. The van der Waals surface area contributed by atoms with Gasteiger partial charge in [-0.15, -0.1) is 10.2 Å². The van der Waals surface area contributed by atoms with Crippen molar-refractivity contribution < 1.29 is 13.2 Å². The highest BCUT2D eigenvalue weighted by atomic mass is 19.3. The van der Waals surface area contributed by atoms with Crippen LogP contribution in [0.1, 0.15) is 30.4 Å². The molecule has 2 aliphatic rings. The zero-order valence-electron chi connectivity index (χ0n) is 16.9. The molecule has 4 heterocycles. The zero-order valence-corrected chi connectivity index (χ0v) is 16.9. The molecular formula is C23H17F3N6. The summed E-state index contributed by atoms with van der Waals surface area (Å²) in [5, 5.41) is 8.35. The van der Waals surface area contributed by atoms with Crippen LogP contribution in [0.3, 0.4) is 0 Å². The fourth-order valence-electron chi connectivity index (χ4n) is 4.53. The Bertz CT molecular complexity index is 1430. The highest BCUT2D eigenvalue weighted by Gasteiger charge is 2.44. The molecule has 1 saturated carbocycles. The number of hydrogen-bond donors (Lipinski definition) is 0. The van der Waals surface area contributed by atoms with E-state index in [1.165, 1.54) is 12.4 Å². The van der Waals surface area contributed by atoms with Crippen LogP contribution in [0.4, 0.5) is 24.7 Å². The predicted octanol–water partition coefficient (Wildman–Crippen LogP) is 4.29. The maximum absolute atomic E-state index is 15.0. The molecule has 0 saturated heterocycles. The molecule has 160 valence electrons. The minimum Gasteiger partial charge on any atom is -0.324 e. The molecule has 0 amide bonds. The Morgan fingerprint density at radius 3 is 2.88 bits per heavy atom. The maximum Gasteiger partial charge on any atom is 0.257 e. The van der Waals surface area contributed by atoms with E-state index in [9.17, 15) is 13.2 Å². The first kappa shape index (κ1) is 19.0. The Morgan fingerprint density at radius 2 is 2.03 bits per heavy atom. The second-order valence-corrected chi connectivity index (χ2v) is 8.24. The number of anilines is 2. The molecule has 32 heavy (non-hydrogen) atoms. The molecule has 0 bridgehead atoms. The van der Waals surface area contributed by atoms with Crippen LogP contribution in [0.25, 0.3) is 16.7 Å². The Balaban J connectivity index is 1.48. The molecule has 6 rings (SSSR count). The predicted molar refractivity (Wildman–Crippen MR) is 112 cm³/mol. The van der Waals surface area contributed by atoms with E-state index in [1.54, 1.807) is 28.9 Å². The molecule has 0 spiro atoms. The number of halogens is 3. The van der Waals surface area contributed by atoms with Gasteiger partial charge < -0.3 is 4.90 Å². The Kier molecular flexibility index (Phi) is 4.12. The van der Waals surface area contributed by atoms with E-state index in [0.29, 0.717) is 29.0 Å². The summed E-state index contributed by atoms with van der Waals surface area (Å²) < 4.78 is 42.9. The normalized spacial score (nSPS) is 17.7. The quantitative estimate of drug-likeness (QED) is 0.418. The summed E-state index contributed by atoms with van der Waals surface area (Å²) in [6.07, 6.45) is 6.09. The molecule has 4 aromatic rings. The molecule has 1 aromatic carbocycles. The summed E-state index contributed by atoms with van der Waals surface area (Å²) in [7, 11) is 0. The van der Waals surface area contributed by atoms with Crippen molar-refractivity contribution in [1.29, 1.82) is 0 Å². The topological polar surface area (TPSA) is 59.2 Å². The van der Waals surface area contributed by atoms with Gasteiger partial charge in [-0.1, -0.05) is 17.9 Å². The van der Waals surface area contributed by atoms with Crippen molar-refractivity contribution in [3.63, 3.8) is 0 Å². The first-order valence-corrected chi connectivity index (χ1v) is 10.4. The largest absolute Gasteiger partial charge is 0.324 e. The van der Waals surface area contributed by atoms with Crippen molar-refractivity contribution in [2.75, 3.05) is 11.4 Å². The summed E-state index contributed by atoms with van der Waals surface area (Å²) in [5.74, 6) is 3.58. The van der Waals surface area contributed by atoms with E-state index < -0.39 is 5.92 Å². The van der Waals surface area contributed by atoms with E-state index in [0.717, 1.165) is 29.7 Å². The Hall–Kier alpha value is -3.67. The molecule has 3 aromatic heterocycles. The lowest BCUT2D eigenvalue weighted by molar-refractivity contribution is -0.0936. The first-order chi connectivity index (χ1) is 15.5. The highest BCUT2D eigenvalue weighted by Crippen LogP contribution is 2.42. The SMILES string of the molecule is Fc1cccc2c1c(N1CCCc3c(C#CC4CC(F)(F)C4)cncc31)nc1nncn12. The van der Waals surface area contributed by atoms with Crippen LogP contribution in [-0.2, 0) is 6.42 Å². The summed E-state index contributed by atoms with van der Waals surface area (Å²) >= 11 is 0. The number of fused-ring (bicyclic) bond motifs is 4. The van der Waals surface area contributed by atoms with Crippen LogP contribution in [0.5, 0.6) is 0 Å². The van der Waals surface area contributed by atoms with E-state index in [2.05, 4.69) is 32.0 Å². The van der Waals surface area contributed by atoms with Crippen LogP contribution >= 0.6 is 0 Å². The van der Waals surface area contributed by atoms with Gasteiger partial charge in [0, 0.05) is 37.1 Å². The zero-order chi connectivity index (χ0) is 21.9. The van der Waals surface area contributed by atoms with Gasteiger partial charge in [-0.05, 0) is 30.5 Å². The number of aromatic nitrogens is 5. The summed E-state index contributed by atoms with van der Waals surface area (Å²) in [6.45, 7) is 0.626. The first-order valence-electron chi connectivity index (χ1n) is 10.4. The second kappa shape index (κ2) is 6.92. The molecule has 1 fully saturated rings. The molecule has 0 N–H and O–H groups in total. The fourth-order valence-corrected chi connectivity index (χ4v) is 4.53. The minimum atomic E-state index is -2.60. The number of rotatable bonds is 1. The number of benzene rings is 1. The molecule has 0 unspecified atom stereocenters. The average molecular weight is 434 g/mol. The lowest BCUT2D eigenvalue weighted by Gasteiger charge is -2.32. The van der Waals surface area contributed by atoms with Crippen LogP contribution < -0.4 is 4.90 Å². The highest BCUT2D eigenvalue weighted by molar-refractivity contribution is 5.94. The molecule has 1 aliphatic heterocycles. The van der Waals surface area contributed by atoms with E-state index in [4.69, 9.17) is 0 Å². The third-order valence-electron chi connectivity index (χ3n) is 6.10. The van der Waals surface area contributed by atoms with Crippen LogP contribution in [0.15, 0.2) is 36.9 Å². The van der Waals surface area contributed by atoms with Gasteiger partial charge in [-0.3, -0.25) is 9.38 Å². The second-order valence-electron chi connectivity index (χ2n) is 8.24. The van der Waals surface area contributed by atoms with Gasteiger partial charge in [0.05, 0.1) is 22.8 Å². The van der Waals surface area contributed by atoms with Gasteiger partial charge in [-0.2, -0.15) is 4.98 Å². The molecule has 6 nitrogen and oxygen atoms in total. The summed E-state index contributed by atoms with van der Waals surface area (Å²) in [6, 6.07) is 4.85. The van der Waals surface area contributed by atoms with Crippen molar-refractivity contribution in [1.82, 2.24) is 24.6 Å². The van der Waals surface area contributed by atoms with Gasteiger partial charge in [0.15, 0.2) is 0 Å². The lowest BCUT2D eigenvalue weighted by Crippen LogP contribution is -2.34. The van der Waals surface area contributed by atoms with E-state index in [1.807, 2.05) is 4.90 Å². The molecule has 9 heteroatoms. The smallest absolute Gasteiger partial charge is 0.257 e. The monoisotopic (exact) mass is 434 g/mol. The summed E-state index contributed by atoms with van der Waals surface area (Å²) in [4.78, 5) is 10.9. The van der Waals surface area contributed by atoms with Crippen LogP contribution in [0, 0.1) is 23.6 Å². The fraction of sp³-hybridized carbons (Fsp3) is 0.304. The third kappa shape index (κ3) is 2.98. The van der Waals surface area contributed by atoms with Crippen molar-refractivity contribution in [3.05, 3.63) is 53.9 Å².